The summed E-state index contributed by atoms with van der Waals surface area (Å²) in [6.07, 6.45) is 1.83. The summed E-state index contributed by atoms with van der Waals surface area (Å²) in [7, 11) is 0. The Morgan fingerprint density at radius 3 is 2.93 bits per heavy atom. The number of nitrogens with zero attached hydrogens (tertiary/aromatic N) is 2. The highest BCUT2D eigenvalue weighted by Crippen LogP contribution is 2.22. The van der Waals surface area contributed by atoms with Gasteiger partial charge in [-0.1, -0.05) is 25.1 Å². The van der Waals surface area contributed by atoms with Gasteiger partial charge in [-0.25, -0.2) is 9.37 Å². The highest BCUT2D eigenvalue weighted by Gasteiger charge is 2.14. The van der Waals surface area contributed by atoms with E-state index in [1.165, 1.54) is 35.2 Å². The molecule has 0 bridgehead atoms. The van der Waals surface area contributed by atoms with Crippen LogP contribution in [0.4, 0.5) is 10.1 Å². The van der Waals surface area contributed by atoms with E-state index in [9.17, 15) is 14.0 Å². The summed E-state index contributed by atoms with van der Waals surface area (Å²) in [5.74, 6) is -0.449. The van der Waals surface area contributed by atoms with Crippen molar-refractivity contribution in [1.29, 1.82) is 0 Å². The number of thiophene rings is 1. The summed E-state index contributed by atoms with van der Waals surface area (Å²) < 4.78 is 15.5. The minimum atomic E-state index is -0.340. The number of nitrogens with one attached hydrogen (secondary N) is 1. The second-order valence-electron chi connectivity index (χ2n) is 6.14. The second-order valence-corrected chi connectivity index (χ2v) is 7.99. The molecule has 3 rings (SSSR count). The zero-order valence-corrected chi connectivity index (χ0v) is 16.8. The Kier molecular flexibility index (Phi) is 6.28. The smallest absolute Gasteiger partial charge is 0.272 e. The van der Waals surface area contributed by atoms with Crippen molar-refractivity contribution >= 4 is 44.9 Å². The summed E-state index contributed by atoms with van der Waals surface area (Å²) in [4.78, 5) is 29.6. The molecule has 0 radical (unpaired) electrons. The molecule has 0 atom stereocenters. The first kappa shape index (κ1) is 19.6. The van der Waals surface area contributed by atoms with Crippen molar-refractivity contribution in [2.24, 2.45) is 0 Å². The lowest BCUT2D eigenvalue weighted by atomic mass is 10.2. The number of carbonyl (C=O) groups excluding carboxylic acids is 1. The lowest BCUT2D eigenvalue weighted by Crippen LogP contribution is -2.23. The molecule has 1 amide bonds. The number of unbranched alkanes of at least 4 members (excludes halogenated alkanes) is 1. The standard InChI is InChI=1S/C19H20FN3O2S2/c1-3-4-8-23-18(25)17-15(7-9-26-17)22-19(23)27-11-16(24)21-14-6-5-13(20)10-12(14)2/h5-7,9-10H,3-4,8,11H2,1-2H3,(H,21,24). The molecule has 1 N–H and O–H groups in total. The van der Waals surface area contributed by atoms with Crippen molar-refractivity contribution in [2.75, 3.05) is 11.1 Å². The number of fused-ring (bicyclic) bond motifs is 1. The Bertz CT molecular complexity index is 1030. The fourth-order valence-corrected chi connectivity index (χ4v) is 4.23. The number of benzene rings is 1. The Balaban J connectivity index is 1.77. The number of thioether (sulfide) groups is 1. The number of hydrogen-bond acceptors (Lipinski definition) is 5. The molecule has 1 aromatic carbocycles. The molecule has 27 heavy (non-hydrogen) atoms. The molecule has 0 aliphatic carbocycles. The lowest BCUT2D eigenvalue weighted by Gasteiger charge is -2.12. The van der Waals surface area contributed by atoms with E-state index in [1.807, 2.05) is 11.4 Å². The normalized spacial score (nSPS) is 11.1. The van der Waals surface area contributed by atoms with Gasteiger partial charge in [-0.2, -0.15) is 0 Å². The van der Waals surface area contributed by atoms with E-state index in [1.54, 1.807) is 17.6 Å². The van der Waals surface area contributed by atoms with E-state index in [-0.39, 0.29) is 23.0 Å². The van der Waals surface area contributed by atoms with Gasteiger partial charge in [0.15, 0.2) is 5.16 Å². The van der Waals surface area contributed by atoms with Gasteiger partial charge in [-0.15, -0.1) is 11.3 Å². The highest BCUT2D eigenvalue weighted by atomic mass is 32.2. The summed E-state index contributed by atoms with van der Waals surface area (Å²) in [5, 5.41) is 5.17. The van der Waals surface area contributed by atoms with Crippen LogP contribution in [0.2, 0.25) is 0 Å². The van der Waals surface area contributed by atoms with Crippen LogP contribution >= 0.6 is 23.1 Å². The molecule has 5 nitrogen and oxygen atoms in total. The molecule has 142 valence electrons. The van der Waals surface area contributed by atoms with E-state index >= 15 is 0 Å². The van der Waals surface area contributed by atoms with E-state index in [4.69, 9.17) is 0 Å². The molecule has 0 unspecified atom stereocenters. The van der Waals surface area contributed by atoms with Gasteiger partial charge in [0.25, 0.3) is 5.56 Å². The Hall–Kier alpha value is -2.19. The number of rotatable bonds is 7. The van der Waals surface area contributed by atoms with Crippen LogP contribution in [0.15, 0.2) is 39.6 Å². The first-order chi connectivity index (χ1) is 13.0. The Labute approximate surface area is 164 Å². The fraction of sp³-hybridized carbons (Fsp3) is 0.316. The maximum absolute atomic E-state index is 13.2. The highest BCUT2D eigenvalue weighted by molar-refractivity contribution is 7.99. The number of halogens is 1. The average molecular weight is 406 g/mol. The van der Waals surface area contributed by atoms with Crippen LogP contribution in [0, 0.1) is 12.7 Å². The number of aromatic nitrogens is 2. The predicted octanol–water partition coefficient (Wildman–Crippen LogP) is 4.44. The van der Waals surface area contributed by atoms with Crippen LogP contribution in [-0.2, 0) is 11.3 Å². The number of hydrogen-bond donors (Lipinski definition) is 1. The van der Waals surface area contributed by atoms with Crippen LogP contribution in [0.3, 0.4) is 0 Å². The first-order valence-corrected chi connectivity index (χ1v) is 10.5. The largest absolute Gasteiger partial charge is 0.325 e. The number of aryl methyl sites for hydroxylation is 1. The quantitative estimate of drug-likeness (QED) is 0.466. The van der Waals surface area contributed by atoms with Crippen molar-refractivity contribution in [2.45, 2.75) is 38.4 Å². The zero-order valence-electron chi connectivity index (χ0n) is 15.1. The Morgan fingerprint density at radius 2 is 2.19 bits per heavy atom. The lowest BCUT2D eigenvalue weighted by molar-refractivity contribution is -0.113. The van der Waals surface area contributed by atoms with Gasteiger partial charge in [0.2, 0.25) is 5.91 Å². The van der Waals surface area contributed by atoms with Crippen LogP contribution in [0.25, 0.3) is 10.2 Å². The van der Waals surface area contributed by atoms with Gasteiger partial charge in [0.1, 0.15) is 10.5 Å². The minimum Gasteiger partial charge on any atom is -0.325 e. The SMILES string of the molecule is CCCCn1c(SCC(=O)Nc2ccc(F)cc2C)nc2ccsc2c1=O. The van der Waals surface area contributed by atoms with E-state index in [2.05, 4.69) is 17.2 Å². The second kappa shape index (κ2) is 8.67. The third-order valence-electron chi connectivity index (χ3n) is 4.06. The summed E-state index contributed by atoms with van der Waals surface area (Å²) in [6, 6.07) is 6.04. The third kappa shape index (κ3) is 4.56. The van der Waals surface area contributed by atoms with Crippen LogP contribution < -0.4 is 10.9 Å². The van der Waals surface area contributed by atoms with Gasteiger partial charge >= 0.3 is 0 Å². The predicted molar refractivity (Wildman–Crippen MR) is 109 cm³/mol. The third-order valence-corrected chi connectivity index (χ3v) is 5.93. The van der Waals surface area contributed by atoms with Crippen LogP contribution in [-0.4, -0.2) is 21.2 Å². The zero-order chi connectivity index (χ0) is 19.4. The van der Waals surface area contributed by atoms with E-state index in [0.29, 0.717) is 33.2 Å². The molecular weight excluding hydrogens is 385 g/mol. The monoisotopic (exact) mass is 405 g/mol. The van der Waals surface area contributed by atoms with Crippen molar-refractivity contribution < 1.29 is 9.18 Å². The number of anilines is 1. The van der Waals surface area contributed by atoms with Crippen LogP contribution in [0.1, 0.15) is 25.3 Å². The first-order valence-electron chi connectivity index (χ1n) is 8.66. The van der Waals surface area contributed by atoms with Gasteiger partial charge in [-0.05, 0) is 48.6 Å². The molecule has 0 spiro atoms. The molecule has 8 heteroatoms. The van der Waals surface area contributed by atoms with Crippen molar-refractivity contribution in [3.8, 4) is 0 Å². The maximum atomic E-state index is 13.2. The van der Waals surface area contributed by atoms with E-state index < -0.39 is 0 Å². The number of carbonyl (C=O) groups is 1. The van der Waals surface area contributed by atoms with Crippen molar-refractivity contribution in [3.63, 3.8) is 0 Å². The molecule has 0 aliphatic rings. The molecular formula is C19H20FN3O2S2. The molecule has 2 aromatic heterocycles. The minimum absolute atomic E-state index is 0.0549. The van der Waals surface area contributed by atoms with Crippen LogP contribution in [0.5, 0.6) is 0 Å². The molecule has 0 aliphatic heterocycles. The van der Waals surface area contributed by atoms with E-state index in [0.717, 1.165) is 12.8 Å². The Morgan fingerprint density at radius 1 is 1.37 bits per heavy atom. The topological polar surface area (TPSA) is 64.0 Å². The molecule has 0 saturated heterocycles. The molecule has 2 heterocycles. The fourth-order valence-electron chi connectivity index (χ4n) is 2.63. The molecule has 0 fully saturated rings. The van der Waals surface area contributed by atoms with Gasteiger partial charge < -0.3 is 5.32 Å². The summed E-state index contributed by atoms with van der Waals surface area (Å²) in [6.45, 7) is 4.38. The number of amides is 1. The molecule has 3 aromatic rings. The van der Waals surface area contributed by atoms with Crippen molar-refractivity contribution in [3.05, 3.63) is 51.4 Å². The maximum Gasteiger partial charge on any atom is 0.272 e. The van der Waals surface area contributed by atoms with Gasteiger partial charge in [-0.3, -0.25) is 14.2 Å². The van der Waals surface area contributed by atoms with Crippen molar-refractivity contribution in [1.82, 2.24) is 9.55 Å². The van der Waals surface area contributed by atoms with Gasteiger partial charge in [0.05, 0.1) is 11.3 Å². The molecule has 0 saturated carbocycles. The average Bonchev–Trinajstić information content (AvgIpc) is 3.10. The summed E-state index contributed by atoms with van der Waals surface area (Å²) >= 11 is 2.62. The summed E-state index contributed by atoms with van der Waals surface area (Å²) in [5.41, 5.74) is 1.84. The van der Waals surface area contributed by atoms with Gasteiger partial charge in [0, 0.05) is 12.2 Å².